The van der Waals surface area contributed by atoms with E-state index in [1.165, 1.54) is 0 Å². The maximum atomic E-state index is 12.0. The molecule has 18 heavy (non-hydrogen) atoms. The van der Waals surface area contributed by atoms with Crippen LogP contribution in [0.5, 0.6) is 0 Å². The van der Waals surface area contributed by atoms with E-state index in [-0.39, 0.29) is 11.5 Å². The first-order valence-corrected chi connectivity index (χ1v) is 6.66. The Bertz CT molecular complexity index is 603. The SMILES string of the molecule is NNC(=O)CCCCn1ccc2sccc2c1=O. The third kappa shape index (κ3) is 2.77. The van der Waals surface area contributed by atoms with Gasteiger partial charge < -0.3 is 4.57 Å². The highest BCUT2D eigenvalue weighted by Crippen LogP contribution is 2.16. The molecule has 96 valence electrons. The van der Waals surface area contributed by atoms with Gasteiger partial charge in [-0.2, -0.15) is 0 Å². The number of rotatable bonds is 5. The number of hydrazine groups is 1. The molecule has 0 atom stereocenters. The van der Waals surface area contributed by atoms with Crippen LogP contribution in [-0.2, 0) is 11.3 Å². The molecule has 0 aliphatic carbocycles. The summed E-state index contributed by atoms with van der Waals surface area (Å²) in [6.07, 6.45) is 3.70. The Kier molecular flexibility index (Phi) is 4.11. The molecular formula is C12H15N3O2S. The summed E-state index contributed by atoms with van der Waals surface area (Å²) in [4.78, 5) is 23.0. The predicted molar refractivity (Wildman–Crippen MR) is 72.3 cm³/mol. The number of pyridine rings is 1. The van der Waals surface area contributed by atoms with Crippen molar-refractivity contribution in [3.63, 3.8) is 0 Å². The minimum absolute atomic E-state index is 0.0389. The Morgan fingerprint density at radius 3 is 3.00 bits per heavy atom. The fraction of sp³-hybridized carbons (Fsp3) is 0.333. The molecule has 1 amide bonds. The van der Waals surface area contributed by atoms with Crippen LogP contribution in [0.2, 0.25) is 0 Å². The molecule has 5 nitrogen and oxygen atoms in total. The van der Waals surface area contributed by atoms with E-state index in [1.54, 1.807) is 15.9 Å². The van der Waals surface area contributed by atoms with Gasteiger partial charge in [-0.3, -0.25) is 15.0 Å². The van der Waals surface area contributed by atoms with Gasteiger partial charge in [-0.1, -0.05) is 0 Å². The van der Waals surface area contributed by atoms with Gasteiger partial charge in [0.1, 0.15) is 0 Å². The number of aryl methyl sites for hydroxylation is 1. The van der Waals surface area contributed by atoms with Crippen LogP contribution in [0, 0.1) is 0 Å². The lowest BCUT2D eigenvalue weighted by Crippen LogP contribution is -2.29. The number of thiophene rings is 1. The summed E-state index contributed by atoms with van der Waals surface area (Å²) in [5, 5.41) is 2.68. The first-order chi connectivity index (χ1) is 8.72. The summed E-state index contributed by atoms with van der Waals surface area (Å²) >= 11 is 1.57. The van der Waals surface area contributed by atoms with Crippen molar-refractivity contribution in [2.45, 2.75) is 25.8 Å². The number of carbonyl (C=O) groups excluding carboxylic acids is 1. The Labute approximate surface area is 108 Å². The van der Waals surface area contributed by atoms with Crippen LogP contribution in [-0.4, -0.2) is 10.5 Å². The van der Waals surface area contributed by atoms with E-state index >= 15 is 0 Å². The Balaban J connectivity index is 1.97. The molecule has 0 fully saturated rings. The monoisotopic (exact) mass is 265 g/mol. The number of hydrogen-bond acceptors (Lipinski definition) is 4. The summed E-state index contributed by atoms with van der Waals surface area (Å²) in [7, 11) is 0. The second-order valence-corrected chi connectivity index (χ2v) is 4.99. The maximum absolute atomic E-state index is 12.0. The van der Waals surface area contributed by atoms with Gasteiger partial charge in [0.25, 0.3) is 5.56 Å². The number of carbonyl (C=O) groups is 1. The summed E-state index contributed by atoms with van der Waals surface area (Å²) in [5.74, 6) is 4.82. The van der Waals surface area contributed by atoms with Crippen LogP contribution in [0.4, 0.5) is 0 Å². The summed E-state index contributed by atoms with van der Waals surface area (Å²) in [6.45, 7) is 0.627. The molecule has 6 heteroatoms. The van der Waals surface area contributed by atoms with Crippen molar-refractivity contribution in [1.82, 2.24) is 9.99 Å². The van der Waals surface area contributed by atoms with Gasteiger partial charge in [0.05, 0.1) is 5.39 Å². The normalized spacial score (nSPS) is 10.7. The second kappa shape index (κ2) is 5.79. The number of hydrogen-bond donors (Lipinski definition) is 2. The molecule has 2 rings (SSSR count). The molecule has 3 N–H and O–H groups in total. The smallest absolute Gasteiger partial charge is 0.259 e. The van der Waals surface area contributed by atoms with Crippen LogP contribution in [0.15, 0.2) is 28.5 Å². The third-order valence-corrected chi connectivity index (χ3v) is 3.69. The van der Waals surface area contributed by atoms with Crippen LogP contribution in [0.25, 0.3) is 10.1 Å². The van der Waals surface area contributed by atoms with Gasteiger partial charge in [-0.15, -0.1) is 11.3 Å². The number of amides is 1. The van der Waals surface area contributed by atoms with Gasteiger partial charge in [-0.25, -0.2) is 5.84 Å². The largest absolute Gasteiger partial charge is 0.315 e. The molecule has 0 aromatic carbocycles. The number of unbranched alkanes of at least 4 members (excludes halogenated alkanes) is 1. The highest BCUT2D eigenvalue weighted by atomic mass is 32.1. The maximum Gasteiger partial charge on any atom is 0.259 e. The average Bonchev–Trinajstić information content (AvgIpc) is 2.85. The lowest BCUT2D eigenvalue weighted by Gasteiger charge is -2.05. The van der Waals surface area contributed by atoms with Crippen LogP contribution < -0.4 is 16.8 Å². The minimum Gasteiger partial charge on any atom is -0.315 e. The number of nitrogens with zero attached hydrogens (tertiary/aromatic N) is 1. The lowest BCUT2D eigenvalue weighted by molar-refractivity contribution is -0.121. The summed E-state index contributed by atoms with van der Waals surface area (Å²) < 4.78 is 2.70. The van der Waals surface area contributed by atoms with E-state index < -0.39 is 0 Å². The fourth-order valence-electron chi connectivity index (χ4n) is 1.82. The van der Waals surface area contributed by atoms with Crippen molar-refractivity contribution < 1.29 is 4.79 Å². The van der Waals surface area contributed by atoms with Crippen LogP contribution in [0.3, 0.4) is 0 Å². The highest BCUT2D eigenvalue weighted by Gasteiger charge is 2.04. The van der Waals surface area contributed by atoms with Gasteiger partial charge in [0, 0.05) is 23.9 Å². The fourth-order valence-corrected chi connectivity index (χ4v) is 2.60. The quantitative estimate of drug-likeness (QED) is 0.369. The van der Waals surface area contributed by atoms with Gasteiger partial charge in [0.15, 0.2) is 0 Å². The molecule has 0 saturated heterocycles. The van der Waals surface area contributed by atoms with Crippen molar-refractivity contribution in [3.05, 3.63) is 34.1 Å². The molecule has 0 spiro atoms. The van der Waals surface area contributed by atoms with Crippen LogP contribution in [0.1, 0.15) is 19.3 Å². The second-order valence-electron chi connectivity index (χ2n) is 4.04. The van der Waals surface area contributed by atoms with Gasteiger partial charge in [-0.05, 0) is 30.4 Å². The zero-order chi connectivity index (χ0) is 13.0. The minimum atomic E-state index is -0.171. The van der Waals surface area contributed by atoms with Crippen molar-refractivity contribution in [2.24, 2.45) is 5.84 Å². The molecule has 0 bridgehead atoms. The zero-order valence-corrected chi connectivity index (χ0v) is 10.7. The Morgan fingerprint density at radius 1 is 1.39 bits per heavy atom. The number of aromatic nitrogens is 1. The molecule has 2 heterocycles. The lowest BCUT2D eigenvalue weighted by atomic mass is 10.2. The summed E-state index contributed by atoms with van der Waals surface area (Å²) in [6, 6.07) is 3.80. The number of nitrogens with one attached hydrogen (secondary N) is 1. The molecular weight excluding hydrogens is 250 g/mol. The molecule has 0 unspecified atom stereocenters. The highest BCUT2D eigenvalue weighted by molar-refractivity contribution is 7.17. The van der Waals surface area contributed by atoms with E-state index in [1.807, 2.05) is 23.7 Å². The van der Waals surface area contributed by atoms with Crippen LogP contribution >= 0.6 is 11.3 Å². The predicted octanol–water partition coefficient (Wildman–Crippen LogP) is 1.22. The topological polar surface area (TPSA) is 77.1 Å². The van der Waals surface area contributed by atoms with E-state index in [2.05, 4.69) is 5.43 Å². The van der Waals surface area contributed by atoms with E-state index in [0.717, 1.165) is 22.9 Å². The standard InChI is InChI=1S/C12H15N3O2S/c13-14-11(16)3-1-2-6-15-7-4-10-9(12(15)17)5-8-18-10/h4-5,7-8H,1-3,6,13H2,(H,14,16). The third-order valence-electron chi connectivity index (χ3n) is 2.81. The first kappa shape index (κ1) is 12.8. The van der Waals surface area contributed by atoms with Crippen molar-refractivity contribution >= 4 is 27.3 Å². The number of fused-ring (bicyclic) bond motifs is 1. The van der Waals surface area contributed by atoms with Crippen molar-refractivity contribution in [2.75, 3.05) is 0 Å². The Morgan fingerprint density at radius 2 is 2.22 bits per heavy atom. The van der Waals surface area contributed by atoms with Gasteiger partial charge in [0.2, 0.25) is 5.91 Å². The summed E-state index contributed by atoms with van der Waals surface area (Å²) in [5.41, 5.74) is 2.13. The van der Waals surface area contributed by atoms with E-state index in [9.17, 15) is 9.59 Å². The Hall–Kier alpha value is -1.66. The molecule has 0 aliphatic heterocycles. The van der Waals surface area contributed by atoms with Crippen molar-refractivity contribution in [3.8, 4) is 0 Å². The molecule has 2 aromatic rings. The zero-order valence-electron chi connectivity index (χ0n) is 9.89. The molecule has 0 aliphatic rings. The molecule has 0 radical (unpaired) electrons. The van der Waals surface area contributed by atoms with E-state index in [4.69, 9.17) is 5.84 Å². The van der Waals surface area contributed by atoms with Gasteiger partial charge >= 0.3 is 0 Å². The van der Waals surface area contributed by atoms with E-state index in [0.29, 0.717) is 13.0 Å². The number of nitrogens with two attached hydrogens (primary N) is 1. The van der Waals surface area contributed by atoms with Crippen molar-refractivity contribution in [1.29, 1.82) is 0 Å². The molecule has 2 aromatic heterocycles. The average molecular weight is 265 g/mol. The molecule has 0 saturated carbocycles. The first-order valence-electron chi connectivity index (χ1n) is 5.78.